The van der Waals surface area contributed by atoms with Crippen LogP contribution in [0.3, 0.4) is 0 Å². The molecule has 0 amide bonds. The van der Waals surface area contributed by atoms with Gasteiger partial charge in [0.2, 0.25) is 0 Å². The third-order valence-corrected chi connectivity index (χ3v) is 0.991. The predicted molar refractivity (Wildman–Crippen MR) is 39.3 cm³/mol. The molecule has 0 aromatic rings. The summed E-state index contributed by atoms with van der Waals surface area (Å²) in [6.45, 7) is 7.48. The van der Waals surface area contributed by atoms with Crippen LogP contribution in [0.1, 0.15) is 20.3 Å². The van der Waals surface area contributed by atoms with Crippen molar-refractivity contribution in [2.45, 2.75) is 20.3 Å². The van der Waals surface area contributed by atoms with Crippen LogP contribution >= 0.6 is 0 Å². The highest BCUT2D eigenvalue weighted by Gasteiger charge is 1.87. The number of hydrogen-bond donors (Lipinski definition) is 0. The highest BCUT2D eigenvalue weighted by Crippen LogP contribution is 2.00. The first-order valence-corrected chi connectivity index (χ1v) is 3.02. The molecule has 1 nitrogen and oxygen atoms in total. The Labute approximate surface area is 56.1 Å². The largest absolute Gasteiger partial charge is 0.298 e. The molecule has 0 aliphatic heterocycles. The predicted octanol–water partition coefficient (Wildman–Crippen LogP) is 2.10. The van der Waals surface area contributed by atoms with E-state index in [1.54, 1.807) is 6.08 Å². The fourth-order valence-electron chi connectivity index (χ4n) is 0.536. The summed E-state index contributed by atoms with van der Waals surface area (Å²) < 4.78 is 0. The number of hydrogen-bond acceptors (Lipinski definition) is 1. The number of aldehydes is 1. The van der Waals surface area contributed by atoms with E-state index in [9.17, 15) is 4.79 Å². The Morgan fingerprint density at radius 3 is 2.33 bits per heavy atom. The third kappa shape index (κ3) is 3.71. The molecule has 0 saturated heterocycles. The molecule has 0 N–H and O–H groups in total. The number of rotatable bonds is 3. The minimum absolute atomic E-state index is 0.788. The van der Waals surface area contributed by atoms with Gasteiger partial charge in [0.05, 0.1) is 0 Å². The second-order valence-corrected chi connectivity index (χ2v) is 2.04. The fraction of sp³-hybridized carbons (Fsp3) is 0.375. The molecule has 50 valence electrons. The summed E-state index contributed by atoms with van der Waals surface area (Å²) in [5.74, 6) is 0. The van der Waals surface area contributed by atoms with Gasteiger partial charge < -0.3 is 0 Å². The van der Waals surface area contributed by atoms with E-state index in [1.807, 2.05) is 13.8 Å². The van der Waals surface area contributed by atoms with Crippen LogP contribution in [-0.4, -0.2) is 6.29 Å². The topological polar surface area (TPSA) is 17.1 Å². The SMILES string of the molecule is C=C(C)/C=C(/C=O)CC. The third-order valence-electron chi connectivity index (χ3n) is 0.991. The summed E-state index contributed by atoms with van der Waals surface area (Å²) in [5, 5.41) is 0. The summed E-state index contributed by atoms with van der Waals surface area (Å²) in [7, 11) is 0. The van der Waals surface area contributed by atoms with Gasteiger partial charge >= 0.3 is 0 Å². The van der Waals surface area contributed by atoms with Crippen LogP contribution in [0.5, 0.6) is 0 Å². The van der Waals surface area contributed by atoms with Gasteiger partial charge in [-0.3, -0.25) is 4.79 Å². The van der Waals surface area contributed by atoms with Gasteiger partial charge in [0.1, 0.15) is 6.29 Å². The Balaban J connectivity index is 4.07. The van der Waals surface area contributed by atoms with E-state index in [-0.39, 0.29) is 0 Å². The molecule has 0 aromatic carbocycles. The monoisotopic (exact) mass is 124 g/mol. The summed E-state index contributed by atoms with van der Waals surface area (Å²) >= 11 is 0. The standard InChI is InChI=1S/C8H12O/c1-4-8(6-9)5-7(2)3/h5-6H,2,4H2,1,3H3/b8-5+. The maximum atomic E-state index is 10.2. The van der Waals surface area contributed by atoms with E-state index in [0.717, 1.165) is 23.9 Å². The number of carbonyl (C=O) groups is 1. The van der Waals surface area contributed by atoms with Crippen molar-refractivity contribution in [3.8, 4) is 0 Å². The summed E-state index contributed by atoms with van der Waals surface area (Å²) in [6.07, 6.45) is 3.46. The minimum Gasteiger partial charge on any atom is -0.298 e. The molecule has 9 heavy (non-hydrogen) atoms. The molecule has 1 heteroatoms. The molecule has 0 radical (unpaired) electrons. The van der Waals surface area contributed by atoms with Crippen LogP contribution in [0.25, 0.3) is 0 Å². The lowest BCUT2D eigenvalue weighted by Gasteiger charge is -1.90. The molecule has 0 aromatic heterocycles. The van der Waals surface area contributed by atoms with Crippen LogP contribution < -0.4 is 0 Å². The minimum atomic E-state index is 0.788. The lowest BCUT2D eigenvalue weighted by atomic mass is 10.1. The van der Waals surface area contributed by atoms with Gasteiger partial charge in [0, 0.05) is 0 Å². The molecule has 0 aliphatic rings. The van der Waals surface area contributed by atoms with E-state index in [0.29, 0.717) is 0 Å². The molecule has 0 heterocycles. The van der Waals surface area contributed by atoms with Crippen molar-refractivity contribution < 1.29 is 4.79 Å². The zero-order valence-corrected chi connectivity index (χ0v) is 5.98. The molecule has 0 bridgehead atoms. The smallest absolute Gasteiger partial charge is 0.146 e. The second-order valence-electron chi connectivity index (χ2n) is 2.04. The van der Waals surface area contributed by atoms with E-state index in [4.69, 9.17) is 0 Å². The molecule has 0 spiro atoms. The molecular formula is C8H12O. The van der Waals surface area contributed by atoms with E-state index in [1.165, 1.54) is 0 Å². The summed E-state index contributed by atoms with van der Waals surface area (Å²) in [4.78, 5) is 10.2. The van der Waals surface area contributed by atoms with Crippen LogP contribution in [-0.2, 0) is 4.79 Å². The molecule has 0 aliphatic carbocycles. The van der Waals surface area contributed by atoms with Crippen molar-refractivity contribution in [1.82, 2.24) is 0 Å². The molecule has 0 rings (SSSR count). The van der Waals surface area contributed by atoms with Crippen molar-refractivity contribution >= 4 is 6.29 Å². The first-order valence-electron chi connectivity index (χ1n) is 3.02. The summed E-state index contributed by atoms with van der Waals surface area (Å²) in [6, 6.07) is 0. The number of carbonyl (C=O) groups excluding carboxylic acids is 1. The maximum absolute atomic E-state index is 10.2. The van der Waals surface area contributed by atoms with Crippen LogP contribution in [0, 0.1) is 0 Å². The Bertz CT molecular complexity index is 143. The van der Waals surface area contributed by atoms with Crippen LogP contribution in [0.2, 0.25) is 0 Å². The van der Waals surface area contributed by atoms with E-state index >= 15 is 0 Å². The molecular weight excluding hydrogens is 112 g/mol. The zero-order valence-electron chi connectivity index (χ0n) is 5.98. The van der Waals surface area contributed by atoms with Crippen molar-refractivity contribution in [3.63, 3.8) is 0 Å². The summed E-state index contributed by atoms with van der Waals surface area (Å²) in [5.41, 5.74) is 1.74. The first-order chi connectivity index (χ1) is 4.20. The lowest BCUT2D eigenvalue weighted by molar-refractivity contribution is -0.105. The van der Waals surface area contributed by atoms with Crippen LogP contribution in [0.15, 0.2) is 23.8 Å². The Morgan fingerprint density at radius 1 is 1.67 bits per heavy atom. The van der Waals surface area contributed by atoms with Gasteiger partial charge in [-0.1, -0.05) is 25.2 Å². The number of allylic oxidation sites excluding steroid dienone is 3. The van der Waals surface area contributed by atoms with Crippen molar-refractivity contribution in [1.29, 1.82) is 0 Å². The van der Waals surface area contributed by atoms with Gasteiger partial charge in [-0.15, -0.1) is 0 Å². The van der Waals surface area contributed by atoms with E-state index < -0.39 is 0 Å². The van der Waals surface area contributed by atoms with Gasteiger partial charge in [-0.05, 0) is 18.9 Å². The Hall–Kier alpha value is -0.850. The maximum Gasteiger partial charge on any atom is 0.146 e. The Kier molecular flexibility index (Phi) is 3.69. The second kappa shape index (κ2) is 4.07. The first kappa shape index (κ1) is 8.15. The molecule has 0 fully saturated rings. The fourth-order valence-corrected chi connectivity index (χ4v) is 0.536. The normalized spacial score (nSPS) is 11.1. The van der Waals surface area contributed by atoms with E-state index in [2.05, 4.69) is 6.58 Å². The van der Waals surface area contributed by atoms with Gasteiger partial charge in [-0.25, -0.2) is 0 Å². The Morgan fingerprint density at radius 2 is 2.22 bits per heavy atom. The van der Waals surface area contributed by atoms with Crippen LogP contribution in [0.4, 0.5) is 0 Å². The van der Waals surface area contributed by atoms with Crippen molar-refractivity contribution in [3.05, 3.63) is 23.8 Å². The average molecular weight is 124 g/mol. The molecule has 0 saturated carbocycles. The molecule has 0 atom stereocenters. The molecule has 0 unspecified atom stereocenters. The highest BCUT2D eigenvalue weighted by molar-refractivity contribution is 5.73. The lowest BCUT2D eigenvalue weighted by Crippen LogP contribution is -1.80. The van der Waals surface area contributed by atoms with Gasteiger partial charge in [-0.2, -0.15) is 0 Å². The quantitative estimate of drug-likeness (QED) is 0.320. The van der Waals surface area contributed by atoms with Crippen molar-refractivity contribution in [2.75, 3.05) is 0 Å². The zero-order chi connectivity index (χ0) is 7.28. The van der Waals surface area contributed by atoms with Crippen molar-refractivity contribution in [2.24, 2.45) is 0 Å². The van der Waals surface area contributed by atoms with Gasteiger partial charge in [0.25, 0.3) is 0 Å². The highest BCUT2D eigenvalue weighted by atomic mass is 16.1. The van der Waals surface area contributed by atoms with Gasteiger partial charge in [0.15, 0.2) is 0 Å². The average Bonchev–Trinajstić information content (AvgIpc) is 1.82.